The van der Waals surface area contributed by atoms with Gasteiger partial charge in [0.1, 0.15) is 0 Å². The van der Waals surface area contributed by atoms with Crippen LogP contribution in [0.15, 0.2) is 0 Å². The Morgan fingerprint density at radius 3 is 2.57 bits per heavy atom. The minimum absolute atomic E-state index is 0.0165. The van der Waals surface area contributed by atoms with Crippen molar-refractivity contribution in [1.82, 2.24) is 9.80 Å². The number of rotatable bonds is 1. The van der Waals surface area contributed by atoms with E-state index in [0.29, 0.717) is 19.6 Å². The molecule has 0 saturated carbocycles. The zero-order chi connectivity index (χ0) is 10.7. The molecule has 6 heteroatoms. The van der Waals surface area contributed by atoms with Gasteiger partial charge in [-0.2, -0.15) is 0 Å². The fourth-order valence-corrected chi connectivity index (χ4v) is 1.62. The summed E-state index contributed by atoms with van der Waals surface area (Å²) in [6.45, 7) is 2.97. The lowest BCUT2D eigenvalue weighted by Gasteiger charge is -2.38. The zero-order valence-electron chi connectivity index (χ0n) is 8.14. The summed E-state index contributed by atoms with van der Waals surface area (Å²) >= 11 is 0. The zero-order valence-corrected chi connectivity index (χ0v) is 8.14. The molecule has 3 N–H and O–H groups in total. The maximum absolute atomic E-state index is 11.3. The average molecular weight is 201 g/mol. The second kappa shape index (κ2) is 4.28. The summed E-state index contributed by atoms with van der Waals surface area (Å²) in [6.07, 6.45) is -0.934. The highest BCUT2D eigenvalue weighted by atomic mass is 16.4. The molecule has 1 aliphatic heterocycles. The van der Waals surface area contributed by atoms with Crippen LogP contribution < -0.4 is 5.73 Å². The second-order valence-corrected chi connectivity index (χ2v) is 3.37. The average Bonchev–Trinajstić information content (AvgIpc) is 2.16. The molecule has 80 valence electrons. The van der Waals surface area contributed by atoms with E-state index >= 15 is 0 Å². The smallest absolute Gasteiger partial charge is 0.407 e. The molecule has 1 fully saturated rings. The van der Waals surface area contributed by atoms with Gasteiger partial charge < -0.3 is 20.6 Å². The Labute approximate surface area is 82.3 Å². The van der Waals surface area contributed by atoms with Gasteiger partial charge >= 0.3 is 6.09 Å². The van der Waals surface area contributed by atoms with Gasteiger partial charge in [-0.15, -0.1) is 0 Å². The molecule has 1 atom stereocenters. The molecule has 2 amide bonds. The minimum atomic E-state index is -0.934. The van der Waals surface area contributed by atoms with Crippen molar-refractivity contribution in [2.24, 2.45) is 5.73 Å². The predicted molar refractivity (Wildman–Crippen MR) is 49.8 cm³/mol. The number of carboxylic acid groups (broad SMARTS) is 1. The van der Waals surface area contributed by atoms with Crippen molar-refractivity contribution < 1.29 is 14.7 Å². The van der Waals surface area contributed by atoms with Crippen LogP contribution in [-0.2, 0) is 4.79 Å². The van der Waals surface area contributed by atoms with Crippen LogP contribution in [0.2, 0.25) is 0 Å². The summed E-state index contributed by atoms with van der Waals surface area (Å²) in [6, 6.07) is -0.0871. The molecule has 0 aromatic heterocycles. The summed E-state index contributed by atoms with van der Waals surface area (Å²) in [5.41, 5.74) is 5.24. The fourth-order valence-electron chi connectivity index (χ4n) is 1.62. The summed E-state index contributed by atoms with van der Waals surface area (Å²) in [4.78, 5) is 24.9. The Bertz CT molecular complexity index is 244. The van der Waals surface area contributed by atoms with E-state index < -0.39 is 6.09 Å². The Kier molecular flexibility index (Phi) is 3.29. The molecule has 0 spiro atoms. The first-order valence-electron chi connectivity index (χ1n) is 4.53. The SMILES string of the molecule is C[C@H]1CN(C(=O)O)CCN1C(=O)CN. The third kappa shape index (κ3) is 2.14. The normalized spacial score (nSPS) is 22.3. The summed E-state index contributed by atoms with van der Waals surface area (Å²) in [5, 5.41) is 8.74. The number of nitrogens with two attached hydrogens (primary N) is 1. The first-order valence-corrected chi connectivity index (χ1v) is 4.53. The molecular weight excluding hydrogens is 186 g/mol. The molecule has 1 saturated heterocycles. The van der Waals surface area contributed by atoms with Crippen molar-refractivity contribution >= 4 is 12.0 Å². The molecule has 14 heavy (non-hydrogen) atoms. The lowest BCUT2D eigenvalue weighted by molar-refractivity contribution is -0.133. The highest BCUT2D eigenvalue weighted by molar-refractivity contribution is 5.78. The highest BCUT2D eigenvalue weighted by Gasteiger charge is 2.28. The molecule has 0 unspecified atom stereocenters. The second-order valence-electron chi connectivity index (χ2n) is 3.37. The van der Waals surface area contributed by atoms with Crippen LogP contribution in [0, 0.1) is 0 Å². The van der Waals surface area contributed by atoms with Gasteiger partial charge in [-0.25, -0.2) is 4.79 Å². The topological polar surface area (TPSA) is 86.9 Å². The largest absolute Gasteiger partial charge is 0.465 e. The van der Waals surface area contributed by atoms with Gasteiger partial charge in [0, 0.05) is 25.7 Å². The van der Waals surface area contributed by atoms with E-state index in [0.717, 1.165) is 0 Å². The van der Waals surface area contributed by atoms with Crippen molar-refractivity contribution in [1.29, 1.82) is 0 Å². The lowest BCUT2D eigenvalue weighted by atomic mass is 10.2. The Hall–Kier alpha value is -1.30. The van der Waals surface area contributed by atoms with Crippen LogP contribution in [-0.4, -0.2) is 59.1 Å². The van der Waals surface area contributed by atoms with Crippen LogP contribution in [0.3, 0.4) is 0 Å². The lowest BCUT2D eigenvalue weighted by Crippen LogP contribution is -2.56. The van der Waals surface area contributed by atoms with Crippen molar-refractivity contribution in [3.63, 3.8) is 0 Å². The van der Waals surface area contributed by atoms with Crippen LogP contribution in [0.25, 0.3) is 0 Å². The monoisotopic (exact) mass is 201 g/mol. The maximum Gasteiger partial charge on any atom is 0.407 e. The molecule has 0 aromatic rings. The van der Waals surface area contributed by atoms with Gasteiger partial charge in [0.2, 0.25) is 5.91 Å². The molecule has 0 aliphatic carbocycles. The molecular formula is C8H15N3O3. The fraction of sp³-hybridized carbons (Fsp3) is 0.750. The minimum Gasteiger partial charge on any atom is -0.465 e. The van der Waals surface area contributed by atoms with E-state index in [1.54, 1.807) is 4.90 Å². The van der Waals surface area contributed by atoms with Gasteiger partial charge in [0.25, 0.3) is 0 Å². The molecule has 1 heterocycles. The van der Waals surface area contributed by atoms with Gasteiger partial charge in [-0.1, -0.05) is 0 Å². The predicted octanol–water partition coefficient (Wildman–Crippen LogP) is -0.844. The van der Waals surface area contributed by atoms with E-state index in [1.165, 1.54) is 4.90 Å². The van der Waals surface area contributed by atoms with Crippen molar-refractivity contribution in [2.45, 2.75) is 13.0 Å². The van der Waals surface area contributed by atoms with Crippen LogP contribution in [0.5, 0.6) is 0 Å². The third-order valence-electron chi connectivity index (χ3n) is 2.39. The molecule has 0 radical (unpaired) electrons. The van der Waals surface area contributed by atoms with Crippen LogP contribution in [0.4, 0.5) is 4.79 Å². The number of hydrogen-bond donors (Lipinski definition) is 2. The van der Waals surface area contributed by atoms with Crippen LogP contribution >= 0.6 is 0 Å². The Morgan fingerprint density at radius 1 is 1.50 bits per heavy atom. The number of nitrogens with zero attached hydrogens (tertiary/aromatic N) is 2. The molecule has 0 bridgehead atoms. The van der Waals surface area contributed by atoms with E-state index in [1.807, 2.05) is 6.92 Å². The maximum atomic E-state index is 11.3. The summed E-state index contributed by atoms with van der Waals surface area (Å²) < 4.78 is 0. The standard InChI is InChI=1S/C8H15N3O3/c1-6-5-10(8(13)14)2-3-11(6)7(12)4-9/h6H,2-5,9H2,1H3,(H,13,14)/t6-/m0/s1. The Morgan fingerprint density at radius 2 is 2.14 bits per heavy atom. The van der Waals surface area contributed by atoms with Crippen LogP contribution in [0.1, 0.15) is 6.92 Å². The molecule has 6 nitrogen and oxygen atoms in total. The molecule has 1 aliphatic rings. The molecule has 0 aromatic carbocycles. The number of hydrogen-bond acceptors (Lipinski definition) is 3. The van der Waals surface area contributed by atoms with Crippen molar-refractivity contribution in [3.05, 3.63) is 0 Å². The number of amides is 2. The number of carbonyl (C=O) groups is 2. The highest BCUT2D eigenvalue weighted by Crippen LogP contribution is 2.09. The number of piperazine rings is 1. The first kappa shape index (κ1) is 10.8. The first-order chi connectivity index (χ1) is 6.56. The van der Waals surface area contributed by atoms with Gasteiger partial charge in [-0.3, -0.25) is 4.79 Å². The van der Waals surface area contributed by atoms with E-state index in [9.17, 15) is 9.59 Å². The number of carbonyl (C=O) groups excluding carboxylic acids is 1. The van der Waals surface area contributed by atoms with E-state index in [2.05, 4.69) is 0 Å². The quantitative estimate of drug-likeness (QED) is 0.579. The van der Waals surface area contributed by atoms with E-state index in [4.69, 9.17) is 10.8 Å². The third-order valence-corrected chi connectivity index (χ3v) is 2.39. The summed E-state index contributed by atoms with van der Waals surface area (Å²) in [5.74, 6) is -0.123. The van der Waals surface area contributed by atoms with Gasteiger partial charge in [0.15, 0.2) is 0 Å². The molecule has 1 rings (SSSR count). The van der Waals surface area contributed by atoms with Gasteiger partial charge in [-0.05, 0) is 6.92 Å². The van der Waals surface area contributed by atoms with E-state index in [-0.39, 0.29) is 18.5 Å². The summed E-state index contributed by atoms with van der Waals surface area (Å²) in [7, 11) is 0. The van der Waals surface area contributed by atoms with Crippen molar-refractivity contribution in [3.8, 4) is 0 Å². The van der Waals surface area contributed by atoms with Crippen molar-refractivity contribution in [2.75, 3.05) is 26.2 Å². The Balaban J connectivity index is 2.56. The van der Waals surface area contributed by atoms with Gasteiger partial charge in [0.05, 0.1) is 6.54 Å².